The lowest BCUT2D eigenvalue weighted by Gasteiger charge is -2.24. The van der Waals surface area contributed by atoms with Crippen molar-refractivity contribution in [1.82, 2.24) is 0 Å². The Morgan fingerprint density at radius 3 is 1.65 bits per heavy atom. The van der Waals surface area contributed by atoms with Crippen LogP contribution in [-0.4, -0.2) is 26.4 Å². The fraction of sp³-hybridized carbons (Fsp3) is 1.00. The second-order valence-corrected chi connectivity index (χ2v) is 7.05. The van der Waals surface area contributed by atoms with Crippen LogP contribution in [-0.2, 0) is 9.47 Å². The summed E-state index contributed by atoms with van der Waals surface area (Å²) in [7, 11) is 0. The van der Waals surface area contributed by atoms with Gasteiger partial charge in [-0.25, -0.2) is 0 Å². The first kappa shape index (κ1) is 19.9. The smallest absolute Gasteiger partial charge is 0.0700 e. The summed E-state index contributed by atoms with van der Waals surface area (Å²) in [5, 5.41) is 0. The number of ether oxygens (including phenoxy) is 2. The second-order valence-electron chi connectivity index (χ2n) is 7.05. The Hall–Kier alpha value is -0.0800. The average Bonchev–Trinajstić information content (AvgIpc) is 2.34. The van der Waals surface area contributed by atoms with Crippen LogP contribution in [0.15, 0.2) is 0 Å². The summed E-state index contributed by atoms with van der Waals surface area (Å²) in [6.07, 6.45) is 4.94. The van der Waals surface area contributed by atoms with Crippen LogP contribution in [0.3, 0.4) is 0 Å². The molecule has 0 unspecified atom stereocenters. The highest BCUT2D eigenvalue weighted by Crippen LogP contribution is 2.23. The highest BCUT2D eigenvalue weighted by Gasteiger charge is 2.16. The lowest BCUT2D eigenvalue weighted by molar-refractivity contribution is 0.0365. The van der Waals surface area contributed by atoms with Crippen molar-refractivity contribution in [3.05, 3.63) is 0 Å². The predicted octanol–water partition coefficient (Wildman–Crippen LogP) is 5.16. The zero-order chi connectivity index (χ0) is 15.4. The van der Waals surface area contributed by atoms with Crippen LogP contribution in [0.2, 0.25) is 0 Å². The van der Waals surface area contributed by atoms with Crippen LogP contribution < -0.4 is 0 Å². The number of unbranched alkanes of at least 4 members (excludes halogenated alkanes) is 1. The standard InChI is InChI=1S/C18H38O2/c1-15(2)9-7-8-11-19-13-14-20-12-10-18(16(3)4)17(5)6/h15-18H,7-14H2,1-6H3. The highest BCUT2D eigenvalue weighted by atomic mass is 16.5. The average molecular weight is 286 g/mol. The molecule has 0 aromatic rings. The topological polar surface area (TPSA) is 18.5 Å². The molecule has 0 N–H and O–H groups in total. The normalized spacial score (nSPS) is 12.3. The predicted molar refractivity (Wildman–Crippen MR) is 88.1 cm³/mol. The molecular formula is C18H38O2. The Morgan fingerprint density at radius 2 is 1.15 bits per heavy atom. The van der Waals surface area contributed by atoms with Crippen LogP contribution in [0.1, 0.15) is 67.2 Å². The van der Waals surface area contributed by atoms with Crippen molar-refractivity contribution in [3.8, 4) is 0 Å². The van der Waals surface area contributed by atoms with Crippen molar-refractivity contribution in [2.24, 2.45) is 23.7 Å². The van der Waals surface area contributed by atoms with E-state index < -0.39 is 0 Å². The van der Waals surface area contributed by atoms with E-state index in [1.54, 1.807) is 0 Å². The summed E-state index contributed by atoms with van der Waals surface area (Å²) in [6.45, 7) is 17.0. The maximum absolute atomic E-state index is 5.68. The molecule has 0 aromatic carbocycles. The molecule has 0 saturated carbocycles. The summed E-state index contributed by atoms with van der Waals surface area (Å²) < 4.78 is 11.3. The van der Waals surface area contributed by atoms with Gasteiger partial charge in [-0.15, -0.1) is 0 Å². The van der Waals surface area contributed by atoms with Crippen molar-refractivity contribution in [1.29, 1.82) is 0 Å². The second kappa shape index (κ2) is 12.6. The lowest BCUT2D eigenvalue weighted by Crippen LogP contribution is -2.18. The molecule has 0 amide bonds. The van der Waals surface area contributed by atoms with Gasteiger partial charge >= 0.3 is 0 Å². The monoisotopic (exact) mass is 286 g/mol. The van der Waals surface area contributed by atoms with Crippen LogP contribution in [0.25, 0.3) is 0 Å². The maximum Gasteiger partial charge on any atom is 0.0700 e. The molecule has 0 spiro atoms. The van der Waals surface area contributed by atoms with Gasteiger partial charge in [0.2, 0.25) is 0 Å². The summed E-state index contributed by atoms with van der Waals surface area (Å²) in [5.74, 6) is 3.08. The van der Waals surface area contributed by atoms with E-state index in [-0.39, 0.29) is 0 Å². The van der Waals surface area contributed by atoms with E-state index in [1.807, 2.05) is 0 Å². The highest BCUT2D eigenvalue weighted by molar-refractivity contribution is 4.66. The summed E-state index contributed by atoms with van der Waals surface area (Å²) in [5.41, 5.74) is 0. The molecule has 0 heterocycles. The van der Waals surface area contributed by atoms with Crippen LogP contribution in [0, 0.1) is 23.7 Å². The third-order valence-corrected chi connectivity index (χ3v) is 4.00. The molecule has 0 rings (SSSR count). The van der Waals surface area contributed by atoms with E-state index in [0.717, 1.165) is 50.1 Å². The third kappa shape index (κ3) is 11.7. The molecule has 0 aliphatic heterocycles. The van der Waals surface area contributed by atoms with Gasteiger partial charge in [-0.3, -0.25) is 0 Å². The molecule has 2 heteroatoms. The van der Waals surface area contributed by atoms with Gasteiger partial charge in [0.1, 0.15) is 0 Å². The van der Waals surface area contributed by atoms with Gasteiger partial charge in [0, 0.05) is 13.2 Å². The molecule has 0 radical (unpaired) electrons. The maximum atomic E-state index is 5.68. The third-order valence-electron chi connectivity index (χ3n) is 4.00. The minimum Gasteiger partial charge on any atom is -0.379 e. The number of hydrogen-bond acceptors (Lipinski definition) is 2. The van der Waals surface area contributed by atoms with Crippen molar-refractivity contribution >= 4 is 0 Å². The molecule has 0 aliphatic rings. The largest absolute Gasteiger partial charge is 0.379 e. The lowest BCUT2D eigenvalue weighted by atomic mass is 9.83. The van der Waals surface area contributed by atoms with Crippen molar-refractivity contribution in [2.75, 3.05) is 26.4 Å². The van der Waals surface area contributed by atoms with E-state index in [0.29, 0.717) is 0 Å². The minimum absolute atomic E-state index is 0.743. The number of hydrogen-bond donors (Lipinski definition) is 0. The van der Waals surface area contributed by atoms with E-state index in [4.69, 9.17) is 9.47 Å². The summed E-state index contributed by atoms with van der Waals surface area (Å²) in [4.78, 5) is 0. The van der Waals surface area contributed by atoms with Crippen LogP contribution in [0.5, 0.6) is 0 Å². The summed E-state index contributed by atoms with van der Waals surface area (Å²) >= 11 is 0. The van der Waals surface area contributed by atoms with Crippen molar-refractivity contribution in [3.63, 3.8) is 0 Å². The van der Waals surface area contributed by atoms with E-state index in [1.165, 1.54) is 25.7 Å². The SMILES string of the molecule is CC(C)CCCCOCCOCCC(C(C)C)C(C)C. The number of rotatable bonds is 13. The van der Waals surface area contributed by atoms with Gasteiger partial charge in [0.05, 0.1) is 13.2 Å². The van der Waals surface area contributed by atoms with Crippen molar-refractivity contribution < 1.29 is 9.47 Å². The Kier molecular flexibility index (Phi) is 12.6. The Morgan fingerprint density at radius 1 is 0.600 bits per heavy atom. The molecule has 0 aromatic heterocycles. The molecule has 122 valence electrons. The van der Waals surface area contributed by atoms with E-state index in [2.05, 4.69) is 41.5 Å². The Balaban J connectivity index is 3.32. The van der Waals surface area contributed by atoms with Gasteiger partial charge in [-0.1, -0.05) is 54.4 Å². The quantitative estimate of drug-likeness (QED) is 0.435. The fourth-order valence-corrected chi connectivity index (χ4v) is 2.73. The molecule has 0 bridgehead atoms. The van der Waals surface area contributed by atoms with Gasteiger partial charge in [-0.05, 0) is 36.5 Å². The van der Waals surface area contributed by atoms with Gasteiger partial charge in [0.15, 0.2) is 0 Å². The van der Waals surface area contributed by atoms with Gasteiger partial charge in [0.25, 0.3) is 0 Å². The zero-order valence-electron chi connectivity index (χ0n) is 14.8. The first-order valence-corrected chi connectivity index (χ1v) is 8.60. The van der Waals surface area contributed by atoms with E-state index in [9.17, 15) is 0 Å². The van der Waals surface area contributed by atoms with Gasteiger partial charge < -0.3 is 9.47 Å². The fourth-order valence-electron chi connectivity index (χ4n) is 2.73. The van der Waals surface area contributed by atoms with E-state index >= 15 is 0 Å². The zero-order valence-corrected chi connectivity index (χ0v) is 14.8. The molecule has 0 aliphatic carbocycles. The summed E-state index contributed by atoms with van der Waals surface area (Å²) in [6, 6.07) is 0. The molecule has 20 heavy (non-hydrogen) atoms. The molecular weight excluding hydrogens is 248 g/mol. The molecule has 0 atom stereocenters. The first-order chi connectivity index (χ1) is 9.45. The van der Waals surface area contributed by atoms with Gasteiger partial charge in [-0.2, -0.15) is 0 Å². The minimum atomic E-state index is 0.743. The Labute approximate surface area is 127 Å². The van der Waals surface area contributed by atoms with Crippen LogP contribution >= 0.6 is 0 Å². The molecule has 0 saturated heterocycles. The molecule has 2 nitrogen and oxygen atoms in total. The Bertz CT molecular complexity index is 192. The van der Waals surface area contributed by atoms with Crippen molar-refractivity contribution in [2.45, 2.75) is 67.2 Å². The first-order valence-electron chi connectivity index (χ1n) is 8.60. The molecule has 0 fully saturated rings. The van der Waals surface area contributed by atoms with Crippen LogP contribution in [0.4, 0.5) is 0 Å².